The Morgan fingerprint density at radius 1 is 1.35 bits per heavy atom. The van der Waals surface area contributed by atoms with Gasteiger partial charge in [-0.25, -0.2) is 0 Å². The second kappa shape index (κ2) is 4.79. The van der Waals surface area contributed by atoms with Gasteiger partial charge < -0.3 is 4.98 Å². The molecule has 1 N–H and O–H groups in total. The van der Waals surface area contributed by atoms with Crippen LogP contribution in [0.25, 0.3) is 10.9 Å². The van der Waals surface area contributed by atoms with Gasteiger partial charge in [0.1, 0.15) is 5.15 Å². The lowest BCUT2D eigenvalue weighted by molar-refractivity contribution is -0.137. The van der Waals surface area contributed by atoms with E-state index >= 15 is 0 Å². The van der Waals surface area contributed by atoms with E-state index in [4.69, 9.17) is 23.2 Å². The third-order valence-electron chi connectivity index (χ3n) is 3.76. The molecule has 1 aliphatic rings. The largest absolute Gasteiger partial charge is 0.344 e. The van der Waals surface area contributed by atoms with Gasteiger partial charge in [0.05, 0.1) is 16.5 Å². The lowest BCUT2D eigenvalue weighted by atomic mass is 9.97. The van der Waals surface area contributed by atoms with Crippen LogP contribution in [-0.2, 0) is 16.0 Å². The van der Waals surface area contributed by atoms with Gasteiger partial charge in [0.25, 0.3) is 0 Å². The Bertz CT molecular complexity index is 723. The molecule has 0 aliphatic carbocycles. The summed E-state index contributed by atoms with van der Waals surface area (Å²) in [5, 5.41) is 1.96. The fourth-order valence-electron chi connectivity index (χ4n) is 2.64. The zero-order valence-electron chi connectivity index (χ0n) is 10.7. The maximum Gasteiger partial charge on any atom is 0.232 e. The van der Waals surface area contributed by atoms with E-state index in [1.54, 1.807) is 6.07 Å². The number of amides is 2. The number of likely N-dealkylation sites (tertiary alicyclic amines) is 1. The highest BCUT2D eigenvalue weighted by molar-refractivity contribution is 6.37. The molecule has 20 heavy (non-hydrogen) atoms. The van der Waals surface area contributed by atoms with Crippen LogP contribution in [0.15, 0.2) is 18.2 Å². The van der Waals surface area contributed by atoms with E-state index in [-0.39, 0.29) is 24.2 Å². The number of imide groups is 1. The number of nitrogens with one attached hydrogen (secondary N) is 1. The summed E-state index contributed by atoms with van der Waals surface area (Å²) in [6.45, 7) is 0. The molecule has 3 rings (SSSR count). The number of benzene rings is 1. The molecule has 1 atom stereocenters. The zero-order chi connectivity index (χ0) is 14.4. The van der Waals surface area contributed by atoms with E-state index in [1.165, 1.54) is 11.9 Å². The number of para-hydroxylation sites is 1. The van der Waals surface area contributed by atoms with Crippen molar-refractivity contribution in [3.63, 3.8) is 0 Å². The van der Waals surface area contributed by atoms with E-state index in [0.717, 1.165) is 16.5 Å². The van der Waals surface area contributed by atoms with Crippen molar-refractivity contribution in [2.75, 3.05) is 7.05 Å². The second-order valence-electron chi connectivity index (χ2n) is 4.98. The SMILES string of the molecule is CN1C(=O)C[C@H](Cc2c(Cl)[nH]c3c(Cl)cccc23)C1=O. The molecule has 2 aromatic rings. The third-order valence-corrected chi connectivity index (χ3v) is 4.40. The Morgan fingerprint density at radius 2 is 2.10 bits per heavy atom. The minimum Gasteiger partial charge on any atom is -0.344 e. The molecule has 4 nitrogen and oxygen atoms in total. The number of carbonyl (C=O) groups excluding carboxylic acids is 2. The van der Waals surface area contributed by atoms with Gasteiger partial charge in [-0.15, -0.1) is 0 Å². The standard InChI is InChI=1S/C14H12Cl2N2O2/c1-18-11(19)6-7(14(18)20)5-9-8-3-2-4-10(15)12(8)17-13(9)16/h2-4,7,17H,5-6H2,1H3/t7-/m0/s1. The van der Waals surface area contributed by atoms with Gasteiger partial charge in [-0.3, -0.25) is 14.5 Å². The normalized spacial score (nSPS) is 19.4. The molecule has 1 aromatic heterocycles. The summed E-state index contributed by atoms with van der Waals surface area (Å²) in [4.78, 5) is 27.8. The Hall–Kier alpha value is -1.52. The summed E-state index contributed by atoms with van der Waals surface area (Å²) in [6.07, 6.45) is 0.674. The Labute approximate surface area is 125 Å². The number of aromatic nitrogens is 1. The molecule has 2 amide bonds. The van der Waals surface area contributed by atoms with Crippen LogP contribution in [0.2, 0.25) is 10.2 Å². The molecule has 1 aliphatic heterocycles. The lowest BCUT2D eigenvalue weighted by Gasteiger charge is -2.08. The number of hydrogen-bond acceptors (Lipinski definition) is 2. The van der Waals surface area contributed by atoms with Gasteiger partial charge in [-0.2, -0.15) is 0 Å². The van der Waals surface area contributed by atoms with Crippen molar-refractivity contribution >= 4 is 45.9 Å². The molecule has 0 bridgehead atoms. The molecule has 0 unspecified atom stereocenters. The second-order valence-corrected chi connectivity index (χ2v) is 5.76. The first-order valence-corrected chi connectivity index (χ1v) is 6.99. The molecule has 0 saturated carbocycles. The molecule has 104 valence electrons. The van der Waals surface area contributed by atoms with Crippen molar-refractivity contribution < 1.29 is 9.59 Å². The van der Waals surface area contributed by atoms with Crippen molar-refractivity contribution in [2.24, 2.45) is 5.92 Å². The summed E-state index contributed by atoms with van der Waals surface area (Å²) in [5.74, 6) is -0.639. The van der Waals surface area contributed by atoms with E-state index in [2.05, 4.69) is 4.98 Å². The van der Waals surface area contributed by atoms with Gasteiger partial charge in [0.2, 0.25) is 11.8 Å². The van der Waals surface area contributed by atoms with E-state index in [1.807, 2.05) is 12.1 Å². The Kier molecular flexibility index (Phi) is 3.22. The minimum atomic E-state index is -0.344. The quantitative estimate of drug-likeness (QED) is 0.867. The number of aromatic amines is 1. The Balaban J connectivity index is 2.00. The third kappa shape index (κ3) is 2.00. The smallest absolute Gasteiger partial charge is 0.232 e. The summed E-state index contributed by atoms with van der Waals surface area (Å²) in [5.41, 5.74) is 1.60. The van der Waals surface area contributed by atoms with E-state index in [9.17, 15) is 9.59 Å². The van der Waals surface area contributed by atoms with Crippen LogP contribution < -0.4 is 0 Å². The molecule has 0 radical (unpaired) electrons. The van der Waals surface area contributed by atoms with Crippen LogP contribution in [0.1, 0.15) is 12.0 Å². The molecular formula is C14H12Cl2N2O2. The van der Waals surface area contributed by atoms with Crippen LogP contribution in [-0.4, -0.2) is 28.7 Å². The first-order valence-electron chi connectivity index (χ1n) is 6.24. The van der Waals surface area contributed by atoms with Crippen molar-refractivity contribution in [3.05, 3.63) is 33.9 Å². The molecule has 0 spiro atoms. The Morgan fingerprint density at radius 3 is 2.75 bits per heavy atom. The summed E-state index contributed by atoms with van der Waals surface area (Å²) in [6, 6.07) is 5.52. The van der Waals surface area contributed by atoms with Crippen LogP contribution >= 0.6 is 23.2 Å². The average molecular weight is 311 g/mol. The summed E-state index contributed by atoms with van der Waals surface area (Å²) < 4.78 is 0. The lowest BCUT2D eigenvalue weighted by Crippen LogP contribution is -2.26. The van der Waals surface area contributed by atoms with Crippen molar-refractivity contribution in [2.45, 2.75) is 12.8 Å². The molecular weight excluding hydrogens is 299 g/mol. The number of carbonyl (C=O) groups is 2. The maximum absolute atomic E-state index is 12.0. The molecule has 1 fully saturated rings. The van der Waals surface area contributed by atoms with E-state index < -0.39 is 0 Å². The van der Waals surface area contributed by atoms with Gasteiger partial charge in [-0.05, 0) is 18.1 Å². The van der Waals surface area contributed by atoms with Crippen LogP contribution in [0.5, 0.6) is 0 Å². The number of nitrogens with zero attached hydrogens (tertiary/aromatic N) is 1. The van der Waals surface area contributed by atoms with Gasteiger partial charge in [0.15, 0.2) is 0 Å². The van der Waals surface area contributed by atoms with Gasteiger partial charge >= 0.3 is 0 Å². The van der Waals surface area contributed by atoms with E-state index in [0.29, 0.717) is 16.6 Å². The first-order chi connectivity index (χ1) is 9.49. The van der Waals surface area contributed by atoms with Crippen LogP contribution in [0.4, 0.5) is 0 Å². The fraction of sp³-hybridized carbons (Fsp3) is 0.286. The van der Waals surface area contributed by atoms with Crippen molar-refractivity contribution in [1.82, 2.24) is 9.88 Å². The molecule has 6 heteroatoms. The van der Waals surface area contributed by atoms with Crippen molar-refractivity contribution in [1.29, 1.82) is 0 Å². The maximum atomic E-state index is 12.0. The first kappa shape index (κ1) is 13.5. The monoisotopic (exact) mass is 310 g/mol. The highest BCUT2D eigenvalue weighted by Gasteiger charge is 2.36. The minimum absolute atomic E-state index is 0.144. The number of H-pyrrole nitrogens is 1. The van der Waals surface area contributed by atoms with Crippen LogP contribution in [0, 0.1) is 5.92 Å². The summed E-state index contributed by atoms with van der Waals surface area (Å²) >= 11 is 12.3. The van der Waals surface area contributed by atoms with Crippen LogP contribution in [0.3, 0.4) is 0 Å². The number of hydrogen-bond donors (Lipinski definition) is 1. The van der Waals surface area contributed by atoms with Gasteiger partial charge in [0, 0.05) is 18.9 Å². The number of rotatable bonds is 2. The zero-order valence-corrected chi connectivity index (χ0v) is 12.3. The van der Waals surface area contributed by atoms with Crippen molar-refractivity contribution in [3.8, 4) is 0 Å². The topological polar surface area (TPSA) is 53.2 Å². The molecule has 2 heterocycles. The number of fused-ring (bicyclic) bond motifs is 1. The predicted molar refractivity (Wildman–Crippen MR) is 77.9 cm³/mol. The average Bonchev–Trinajstić information content (AvgIpc) is 2.85. The highest BCUT2D eigenvalue weighted by atomic mass is 35.5. The fourth-order valence-corrected chi connectivity index (χ4v) is 3.14. The van der Waals surface area contributed by atoms with Gasteiger partial charge in [-0.1, -0.05) is 35.3 Å². The predicted octanol–water partition coefficient (Wildman–Crippen LogP) is 3.02. The highest BCUT2D eigenvalue weighted by Crippen LogP contribution is 2.34. The molecule has 1 aromatic carbocycles. The molecule has 1 saturated heterocycles. The number of halogens is 2. The summed E-state index contributed by atoms with van der Waals surface area (Å²) in [7, 11) is 1.51.